The van der Waals surface area contributed by atoms with Crippen molar-refractivity contribution in [3.05, 3.63) is 62.9 Å². The lowest BCUT2D eigenvalue weighted by molar-refractivity contribution is -0.384. The largest absolute Gasteiger partial charge is 0.487 e. The standard InChI is InChI=1S/C12H9BrN2O3/c13-9-1-2-10(14-7-9)8-18-12-5-3-11(4-6-12)15(16)17/h1-7H,8H2. The molecule has 0 amide bonds. The summed E-state index contributed by atoms with van der Waals surface area (Å²) >= 11 is 3.30. The van der Waals surface area contributed by atoms with E-state index >= 15 is 0 Å². The predicted octanol–water partition coefficient (Wildman–Crippen LogP) is 3.33. The van der Waals surface area contributed by atoms with Gasteiger partial charge in [0.25, 0.3) is 5.69 Å². The molecule has 1 aromatic heterocycles. The van der Waals surface area contributed by atoms with E-state index < -0.39 is 4.92 Å². The Balaban J connectivity index is 1.97. The molecule has 0 atom stereocenters. The van der Waals surface area contributed by atoms with Gasteiger partial charge in [0.15, 0.2) is 0 Å². The molecule has 1 aromatic carbocycles. The Morgan fingerprint density at radius 1 is 1.22 bits per heavy atom. The monoisotopic (exact) mass is 308 g/mol. The van der Waals surface area contributed by atoms with Crippen LogP contribution in [0.1, 0.15) is 5.69 Å². The minimum atomic E-state index is -0.444. The van der Waals surface area contributed by atoms with Gasteiger partial charge in [0.05, 0.1) is 10.6 Å². The fourth-order valence-corrected chi connectivity index (χ4v) is 1.55. The van der Waals surface area contributed by atoms with E-state index in [9.17, 15) is 10.1 Å². The van der Waals surface area contributed by atoms with E-state index in [0.29, 0.717) is 12.4 Å². The molecule has 0 aliphatic rings. The Morgan fingerprint density at radius 3 is 2.50 bits per heavy atom. The van der Waals surface area contributed by atoms with Crippen LogP contribution in [0.2, 0.25) is 0 Å². The van der Waals surface area contributed by atoms with Crippen LogP contribution in [0.5, 0.6) is 5.75 Å². The summed E-state index contributed by atoms with van der Waals surface area (Å²) in [5.74, 6) is 0.574. The number of hydrogen-bond donors (Lipinski definition) is 0. The van der Waals surface area contributed by atoms with Gasteiger partial charge in [-0.05, 0) is 40.2 Å². The lowest BCUT2D eigenvalue weighted by atomic mass is 10.3. The summed E-state index contributed by atoms with van der Waals surface area (Å²) in [5, 5.41) is 10.5. The lowest BCUT2D eigenvalue weighted by Gasteiger charge is -2.05. The Hall–Kier alpha value is -1.95. The highest BCUT2D eigenvalue weighted by Gasteiger charge is 2.04. The minimum absolute atomic E-state index is 0.0455. The van der Waals surface area contributed by atoms with E-state index in [2.05, 4.69) is 20.9 Å². The van der Waals surface area contributed by atoms with Gasteiger partial charge in [-0.2, -0.15) is 0 Å². The maximum atomic E-state index is 10.5. The van der Waals surface area contributed by atoms with Gasteiger partial charge in [-0.3, -0.25) is 15.1 Å². The van der Waals surface area contributed by atoms with Gasteiger partial charge in [-0.1, -0.05) is 0 Å². The summed E-state index contributed by atoms with van der Waals surface area (Å²) < 4.78 is 6.37. The Bertz CT molecular complexity index is 540. The fourth-order valence-electron chi connectivity index (χ4n) is 1.31. The first-order chi connectivity index (χ1) is 8.65. The highest BCUT2D eigenvalue weighted by Crippen LogP contribution is 2.18. The smallest absolute Gasteiger partial charge is 0.269 e. The average molecular weight is 309 g/mol. The number of pyridine rings is 1. The summed E-state index contributed by atoms with van der Waals surface area (Å²) in [7, 11) is 0. The minimum Gasteiger partial charge on any atom is -0.487 e. The molecule has 18 heavy (non-hydrogen) atoms. The van der Waals surface area contributed by atoms with E-state index in [1.807, 2.05) is 12.1 Å². The Labute approximate surface area is 112 Å². The summed E-state index contributed by atoms with van der Waals surface area (Å²) in [5.41, 5.74) is 0.834. The van der Waals surface area contributed by atoms with Crippen molar-refractivity contribution in [2.24, 2.45) is 0 Å². The molecule has 0 aliphatic carbocycles. The SMILES string of the molecule is O=[N+]([O-])c1ccc(OCc2ccc(Br)cn2)cc1. The van der Waals surface area contributed by atoms with Crippen molar-refractivity contribution in [1.82, 2.24) is 4.98 Å². The molecule has 6 heteroatoms. The number of aromatic nitrogens is 1. The van der Waals surface area contributed by atoms with Crippen molar-refractivity contribution in [2.45, 2.75) is 6.61 Å². The van der Waals surface area contributed by atoms with Gasteiger partial charge in [0.1, 0.15) is 12.4 Å². The van der Waals surface area contributed by atoms with E-state index in [0.717, 1.165) is 10.2 Å². The van der Waals surface area contributed by atoms with Crippen molar-refractivity contribution < 1.29 is 9.66 Å². The molecule has 1 heterocycles. The molecule has 0 spiro atoms. The third-order valence-electron chi connectivity index (χ3n) is 2.22. The summed E-state index contributed by atoms with van der Waals surface area (Å²) in [4.78, 5) is 14.2. The zero-order valence-corrected chi connectivity index (χ0v) is 10.8. The second-order valence-electron chi connectivity index (χ2n) is 3.51. The third-order valence-corrected chi connectivity index (χ3v) is 2.69. The van der Waals surface area contributed by atoms with Crippen molar-refractivity contribution in [1.29, 1.82) is 0 Å². The predicted molar refractivity (Wildman–Crippen MR) is 69.4 cm³/mol. The highest BCUT2D eigenvalue weighted by molar-refractivity contribution is 9.10. The maximum Gasteiger partial charge on any atom is 0.269 e. The van der Waals surface area contributed by atoms with E-state index in [4.69, 9.17) is 4.74 Å². The van der Waals surface area contributed by atoms with Gasteiger partial charge in [-0.15, -0.1) is 0 Å². The molecule has 0 saturated heterocycles. The molecule has 0 N–H and O–H groups in total. The van der Waals surface area contributed by atoms with Crippen molar-refractivity contribution >= 4 is 21.6 Å². The molecule has 92 valence electrons. The zero-order chi connectivity index (χ0) is 13.0. The molecule has 2 aromatic rings. The van der Waals surface area contributed by atoms with Crippen LogP contribution in [0.25, 0.3) is 0 Å². The number of ether oxygens (including phenoxy) is 1. The highest BCUT2D eigenvalue weighted by atomic mass is 79.9. The molecule has 0 unspecified atom stereocenters. The first-order valence-corrected chi connectivity index (χ1v) is 5.92. The van der Waals surface area contributed by atoms with E-state index in [1.54, 1.807) is 18.3 Å². The average Bonchev–Trinajstić information content (AvgIpc) is 2.38. The molecule has 0 aliphatic heterocycles. The maximum absolute atomic E-state index is 10.5. The van der Waals surface area contributed by atoms with Crippen molar-refractivity contribution in [2.75, 3.05) is 0 Å². The number of non-ortho nitro benzene ring substituents is 1. The topological polar surface area (TPSA) is 65.3 Å². The van der Waals surface area contributed by atoms with E-state index in [1.165, 1.54) is 12.1 Å². The molecule has 0 fully saturated rings. The van der Waals surface area contributed by atoms with Crippen LogP contribution in [0.3, 0.4) is 0 Å². The summed E-state index contributed by atoms with van der Waals surface area (Å²) in [6.45, 7) is 0.324. The molecule has 0 saturated carbocycles. The van der Waals surface area contributed by atoms with Crippen LogP contribution in [0, 0.1) is 10.1 Å². The van der Waals surface area contributed by atoms with Crippen molar-refractivity contribution in [3.63, 3.8) is 0 Å². The van der Waals surface area contributed by atoms with Crippen LogP contribution in [0.15, 0.2) is 47.1 Å². The van der Waals surface area contributed by atoms with Gasteiger partial charge in [-0.25, -0.2) is 0 Å². The number of benzene rings is 1. The number of halogens is 1. The lowest BCUT2D eigenvalue weighted by Crippen LogP contribution is -1.97. The van der Waals surface area contributed by atoms with Crippen LogP contribution >= 0.6 is 15.9 Å². The number of nitro benzene ring substituents is 1. The second kappa shape index (κ2) is 5.59. The molecule has 5 nitrogen and oxygen atoms in total. The van der Waals surface area contributed by atoms with Crippen LogP contribution < -0.4 is 4.74 Å². The van der Waals surface area contributed by atoms with Gasteiger partial charge in [0.2, 0.25) is 0 Å². The van der Waals surface area contributed by atoms with Gasteiger partial charge in [0, 0.05) is 22.8 Å². The molecular weight excluding hydrogens is 300 g/mol. The molecular formula is C12H9BrN2O3. The molecule has 0 bridgehead atoms. The summed E-state index contributed by atoms with van der Waals surface area (Å²) in [6.07, 6.45) is 1.69. The fraction of sp³-hybridized carbons (Fsp3) is 0.0833. The summed E-state index contributed by atoms with van der Waals surface area (Å²) in [6, 6.07) is 9.67. The van der Waals surface area contributed by atoms with Crippen LogP contribution in [-0.2, 0) is 6.61 Å². The van der Waals surface area contributed by atoms with Crippen LogP contribution in [0.4, 0.5) is 5.69 Å². The van der Waals surface area contributed by atoms with Gasteiger partial charge < -0.3 is 4.74 Å². The number of nitrogens with zero attached hydrogens (tertiary/aromatic N) is 2. The first kappa shape index (κ1) is 12.5. The third kappa shape index (κ3) is 3.27. The van der Waals surface area contributed by atoms with Gasteiger partial charge >= 0.3 is 0 Å². The molecule has 0 radical (unpaired) electrons. The van der Waals surface area contributed by atoms with Crippen LogP contribution in [-0.4, -0.2) is 9.91 Å². The quantitative estimate of drug-likeness (QED) is 0.642. The molecule has 2 rings (SSSR count). The first-order valence-electron chi connectivity index (χ1n) is 5.13. The number of hydrogen-bond acceptors (Lipinski definition) is 4. The van der Waals surface area contributed by atoms with E-state index in [-0.39, 0.29) is 5.69 Å². The normalized spacial score (nSPS) is 10.1. The second-order valence-corrected chi connectivity index (χ2v) is 4.42. The Kier molecular flexibility index (Phi) is 3.88. The number of rotatable bonds is 4. The van der Waals surface area contributed by atoms with Crippen molar-refractivity contribution in [3.8, 4) is 5.75 Å². The number of nitro groups is 1. The zero-order valence-electron chi connectivity index (χ0n) is 9.25. The Morgan fingerprint density at radius 2 is 1.94 bits per heavy atom.